The zero-order chi connectivity index (χ0) is 14.6. The van der Waals surface area contributed by atoms with Crippen molar-refractivity contribution in [3.8, 4) is 0 Å². The molecule has 0 amide bonds. The van der Waals surface area contributed by atoms with Crippen LogP contribution in [0.5, 0.6) is 0 Å². The van der Waals surface area contributed by atoms with Crippen LogP contribution in [-0.2, 0) is 16.6 Å². The zero-order valence-electron chi connectivity index (χ0n) is 11.7. The zero-order valence-corrected chi connectivity index (χ0v) is 13.3. The van der Waals surface area contributed by atoms with E-state index in [0.29, 0.717) is 37.0 Å². The van der Waals surface area contributed by atoms with Crippen molar-refractivity contribution in [2.45, 2.75) is 26.2 Å². The highest BCUT2D eigenvalue weighted by atomic mass is 35.5. The lowest BCUT2D eigenvalue weighted by Gasteiger charge is -2.29. The minimum atomic E-state index is -3.35. The van der Waals surface area contributed by atoms with E-state index in [0.717, 1.165) is 18.4 Å². The standard InChI is InChI=1S/C14H21ClN2O2S/c1-12-4-3-9-17(11-12)20(18,19)16-8-7-13-5-2-6-14(15)10-13/h2,5-6,10,12,16H,3-4,7-9,11H2,1H3/t12-/m1/s1. The number of benzene rings is 1. The maximum atomic E-state index is 12.2. The number of piperidine rings is 1. The molecule has 1 aliphatic heterocycles. The second-order valence-electron chi connectivity index (χ2n) is 5.38. The molecular formula is C14H21ClN2O2S. The van der Waals surface area contributed by atoms with E-state index in [2.05, 4.69) is 11.6 Å². The molecule has 0 aromatic heterocycles. The Morgan fingerprint density at radius 1 is 1.45 bits per heavy atom. The first-order valence-corrected chi connectivity index (χ1v) is 8.78. The van der Waals surface area contributed by atoms with E-state index in [1.165, 1.54) is 0 Å². The maximum absolute atomic E-state index is 12.2. The van der Waals surface area contributed by atoms with Crippen LogP contribution < -0.4 is 4.72 Å². The summed E-state index contributed by atoms with van der Waals surface area (Å²) in [5.74, 6) is 0.438. The summed E-state index contributed by atoms with van der Waals surface area (Å²) in [4.78, 5) is 0. The molecule has 0 spiro atoms. The molecule has 1 aromatic rings. The molecule has 1 aromatic carbocycles. The molecule has 1 atom stereocenters. The van der Waals surface area contributed by atoms with Gasteiger partial charge in [-0.2, -0.15) is 12.7 Å². The molecule has 1 heterocycles. The Morgan fingerprint density at radius 2 is 2.25 bits per heavy atom. The summed E-state index contributed by atoms with van der Waals surface area (Å²) in [5.41, 5.74) is 1.03. The Kier molecular flexibility index (Phi) is 5.43. The molecule has 0 unspecified atom stereocenters. The second kappa shape index (κ2) is 6.89. The van der Waals surface area contributed by atoms with Gasteiger partial charge in [0.05, 0.1) is 0 Å². The molecule has 1 N–H and O–H groups in total. The monoisotopic (exact) mass is 316 g/mol. The summed E-state index contributed by atoms with van der Waals surface area (Å²) in [7, 11) is -3.35. The van der Waals surface area contributed by atoms with Crippen molar-refractivity contribution >= 4 is 21.8 Å². The molecule has 112 valence electrons. The molecule has 0 aliphatic carbocycles. The van der Waals surface area contributed by atoms with Gasteiger partial charge in [0, 0.05) is 24.7 Å². The van der Waals surface area contributed by atoms with Crippen LogP contribution in [0.15, 0.2) is 24.3 Å². The van der Waals surface area contributed by atoms with Gasteiger partial charge in [-0.25, -0.2) is 4.72 Å². The van der Waals surface area contributed by atoms with Crippen molar-refractivity contribution in [2.75, 3.05) is 19.6 Å². The third-order valence-corrected chi connectivity index (χ3v) is 5.36. The van der Waals surface area contributed by atoms with Gasteiger partial charge in [0.2, 0.25) is 0 Å². The van der Waals surface area contributed by atoms with Gasteiger partial charge < -0.3 is 0 Å². The fraction of sp³-hybridized carbons (Fsp3) is 0.571. The van der Waals surface area contributed by atoms with Crippen LogP contribution in [0.1, 0.15) is 25.3 Å². The van der Waals surface area contributed by atoms with E-state index in [4.69, 9.17) is 11.6 Å². The molecule has 1 fully saturated rings. The highest BCUT2D eigenvalue weighted by Gasteiger charge is 2.26. The lowest BCUT2D eigenvalue weighted by molar-refractivity contribution is 0.278. The first kappa shape index (κ1) is 15.8. The minimum Gasteiger partial charge on any atom is -0.202 e. The lowest BCUT2D eigenvalue weighted by Crippen LogP contribution is -2.46. The minimum absolute atomic E-state index is 0.396. The normalized spacial score (nSPS) is 21.0. The van der Waals surface area contributed by atoms with Crippen LogP contribution >= 0.6 is 11.6 Å². The summed E-state index contributed by atoms with van der Waals surface area (Å²) >= 11 is 5.90. The van der Waals surface area contributed by atoms with E-state index in [1.54, 1.807) is 4.31 Å². The Balaban J connectivity index is 1.86. The number of nitrogens with one attached hydrogen (secondary N) is 1. The van der Waals surface area contributed by atoms with Crippen LogP contribution in [0, 0.1) is 5.92 Å². The predicted octanol–water partition coefficient (Wildman–Crippen LogP) is 2.45. The smallest absolute Gasteiger partial charge is 0.202 e. The fourth-order valence-corrected chi connectivity index (χ4v) is 4.05. The second-order valence-corrected chi connectivity index (χ2v) is 7.58. The van der Waals surface area contributed by atoms with Crippen molar-refractivity contribution in [3.05, 3.63) is 34.9 Å². The van der Waals surface area contributed by atoms with Crippen molar-refractivity contribution < 1.29 is 8.42 Å². The van der Waals surface area contributed by atoms with Crippen LogP contribution in [0.25, 0.3) is 0 Å². The van der Waals surface area contributed by atoms with Gasteiger partial charge in [-0.05, 0) is 42.9 Å². The third-order valence-electron chi connectivity index (χ3n) is 3.55. The highest BCUT2D eigenvalue weighted by Crippen LogP contribution is 2.17. The summed E-state index contributed by atoms with van der Waals surface area (Å²) < 4.78 is 28.6. The van der Waals surface area contributed by atoms with Crippen LogP contribution in [0.4, 0.5) is 0 Å². The largest absolute Gasteiger partial charge is 0.279 e. The van der Waals surface area contributed by atoms with Gasteiger partial charge in [-0.3, -0.25) is 0 Å². The summed E-state index contributed by atoms with van der Waals surface area (Å²) in [6.07, 6.45) is 2.69. The maximum Gasteiger partial charge on any atom is 0.279 e. The molecule has 2 rings (SSSR count). The first-order chi connectivity index (χ1) is 9.47. The lowest BCUT2D eigenvalue weighted by atomic mass is 10.0. The molecule has 6 heteroatoms. The average molecular weight is 317 g/mol. The first-order valence-electron chi connectivity index (χ1n) is 6.96. The topological polar surface area (TPSA) is 49.4 Å². The molecule has 0 saturated carbocycles. The third kappa shape index (κ3) is 4.45. The van der Waals surface area contributed by atoms with Crippen molar-refractivity contribution in [1.82, 2.24) is 9.03 Å². The Labute approximate surface area is 126 Å². The van der Waals surface area contributed by atoms with Crippen molar-refractivity contribution in [1.29, 1.82) is 0 Å². The van der Waals surface area contributed by atoms with Gasteiger partial charge in [0.1, 0.15) is 0 Å². The quantitative estimate of drug-likeness (QED) is 0.907. The van der Waals surface area contributed by atoms with E-state index in [9.17, 15) is 8.42 Å². The Hall–Kier alpha value is -0.620. The molecule has 20 heavy (non-hydrogen) atoms. The Morgan fingerprint density at radius 3 is 2.95 bits per heavy atom. The van der Waals surface area contributed by atoms with Gasteiger partial charge in [0.25, 0.3) is 10.2 Å². The van der Waals surface area contributed by atoms with E-state index in [1.807, 2.05) is 24.3 Å². The molecule has 1 saturated heterocycles. The predicted molar refractivity (Wildman–Crippen MR) is 82.0 cm³/mol. The number of halogens is 1. The van der Waals surface area contributed by atoms with E-state index in [-0.39, 0.29) is 0 Å². The summed E-state index contributed by atoms with van der Waals surface area (Å²) in [6, 6.07) is 7.49. The van der Waals surface area contributed by atoms with Gasteiger partial charge in [-0.15, -0.1) is 0 Å². The molecule has 0 radical (unpaired) electrons. The van der Waals surface area contributed by atoms with Gasteiger partial charge >= 0.3 is 0 Å². The van der Waals surface area contributed by atoms with Crippen LogP contribution in [0.2, 0.25) is 5.02 Å². The van der Waals surface area contributed by atoms with Crippen LogP contribution in [0.3, 0.4) is 0 Å². The van der Waals surface area contributed by atoms with Gasteiger partial charge in [-0.1, -0.05) is 30.7 Å². The molecular weight excluding hydrogens is 296 g/mol. The van der Waals surface area contributed by atoms with E-state index >= 15 is 0 Å². The molecule has 0 bridgehead atoms. The van der Waals surface area contributed by atoms with E-state index < -0.39 is 10.2 Å². The summed E-state index contributed by atoms with van der Waals surface area (Å²) in [6.45, 7) is 3.73. The Bertz CT molecular complexity index is 548. The van der Waals surface area contributed by atoms with Crippen LogP contribution in [-0.4, -0.2) is 32.4 Å². The molecule has 4 nitrogen and oxygen atoms in total. The van der Waals surface area contributed by atoms with Gasteiger partial charge in [0.15, 0.2) is 0 Å². The SMILES string of the molecule is C[C@@H]1CCCN(S(=O)(=O)NCCc2cccc(Cl)c2)C1. The highest BCUT2D eigenvalue weighted by molar-refractivity contribution is 7.87. The number of rotatable bonds is 5. The van der Waals surface area contributed by atoms with Crippen molar-refractivity contribution in [2.24, 2.45) is 5.92 Å². The number of hydrogen-bond donors (Lipinski definition) is 1. The average Bonchev–Trinajstić information content (AvgIpc) is 2.38. The fourth-order valence-electron chi connectivity index (χ4n) is 2.47. The van der Waals surface area contributed by atoms with Crippen molar-refractivity contribution in [3.63, 3.8) is 0 Å². The number of nitrogens with zero attached hydrogens (tertiary/aromatic N) is 1. The number of hydrogen-bond acceptors (Lipinski definition) is 2. The summed E-state index contributed by atoms with van der Waals surface area (Å²) in [5, 5.41) is 0.676. The molecule has 1 aliphatic rings.